The van der Waals surface area contributed by atoms with E-state index >= 15 is 0 Å². The Hall–Kier alpha value is -0.180. The maximum absolute atomic E-state index is 11.7. The first kappa shape index (κ1) is 11.9. The van der Waals surface area contributed by atoms with Crippen LogP contribution in [-0.4, -0.2) is 35.4 Å². The summed E-state index contributed by atoms with van der Waals surface area (Å²) in [5.74, 6) is 2.83. The highest BCUT2D eigenvalue weighted by Crippen LogP contribution is 2.16. The highest BCUT2D eigenvalue weighted by molar-refractivity contribution is 7.99. The lowest BCUT2D eigenvalue weighted by molar-refractivity contribution is -0.130. The summed E-state index contributed by atoms with van der Waals surface area (Å²) in [6.07, 6.45) is 3.63. The van der Waals surface area contributed by atoms with Crippen molar-refractivity contribution in [3.05, 3.63) is 0 Å². The Morgan fingerprint density at radius 2 is 2.36 bits per heavy atom. The van der Waals surface area contributed by atoms with Gasteiger partial charge in [-0.2, -0.15) is 11.8 Å². The number of likely N-dealkylation sites (tertiary alicyclic amines) is 1. The van der Waals surface area contributed by atoms with Crippen LogP contribution in [0.1, 0.15) is 33.1 Å². The predicted octanol–water partition coefficient (Wildman–Crippen LogP) is 2.39. The maximum Gasteiger partial charge on any atom is 0.232 e. The largest absolute Gasteiger partial charge is 0.342 e. The van der Waals surface area contributed by atoms with Crippen LogP contribution in [0.2, 0.25) is 0 Å². The third-order valence-corrected chi connectivity index (χ3v) is 3.73. The van der Waals surface area contributed by atoms with E-state index in [4.69, 9.17) is 0 Å². The fraction of sp³-hybridized carbons (Fsp3) is 0.909. The van der Waals surface area contributed by atoms with Gasteiger partial charge in [0.1, 0.15) is 0 Å². The summed E-state index contributed by atoms with van der Waals surface area (Å²) in [6, 6.07) is 0. The summed E-state index contributed by atoms with van der Waals surface area (Å²) in [5.41, 5.74) is 0. The van der Waals surface area contributed by atoms with E-state index in [1.54, 1.807) is 11.8 Å². The smallest absolute Gasteiger partial charge is 0.232 e. The van der Waals surface area contributed by atoms with Crippen LogP contribution in [0.4, 0.5) is 0 Å². The van der Waals surface area contributed by atoms with E-state index in [0.29, 0.717) is 17.6 Å². The van der Waals surface area contributed by atoms with Gasteiger partial charge in [-0.3, -0.25) is 4.79 Å². The minimum absolute atomic E-state index is 0.343. The molecule has 1 amide bonds. The van der Waals surface area contributed by atoms with E-state index in [-0.39, 0.29) is 0 Å². The molecule has 1 saturated heterocycles. The van der Waals surface area contributed by atoms with E-state index in [2.05, 4.69) is 13.8 Å². The molecule has 0 aromatic carbocycles. The van der Waals surface area contributed by atoms with E-state index in [1.807, 2.05) is 4.90 Å². The lowest BCUT2D eigenvalue weighted by Crippen LogP contribution is -2.40. The van der Waals surface area contributed by atoms with Crippen molar-refractivity contribution in [2.45, 2.75) is 33.1 Å². The quantitative estimate of drug-likeness (QED) is 0.671. The number of carbonyl (C=O) groups is 1. The minimum atomic E-state index is 0.343. The molecule has 0 aromatic heterocycles. The molecule has 1 fully saturated rings. The standard InChI is InChI=1S/C11H21NOS/c1-3-7-14-9-11(13)12-6-4-5-10(2)8-12/h10H,3-9H2,1-2H3. The minimum Gasteiger partial charge on any atom is -0.342 e. The van der Waals surface area contributed by atoms with E-state index in [1.165, 1.54) is 12.8 Å². The summed E-state index contributed by atoms with van der Waals surface area (Å²) in [7, 11) is 0. The Morgan fingerprint density at radius 3 is 3.00 bits per heavy atom. The molecule has 1 atom stereocenters. The third kappa shape index (κ3) is 3.91. The molecular formula is C11H21NOS. The van der Waals surface area contributed by atoms with E-state index in [9.17, 15) is 4.79 Å². The molecule has 0 aromatic rings. The molecule has 1 aliphatic heterocycles. The molecular weight excluding hydrogens is 194 g/mol. The molecule has 0 saturated carbocycles. The van der Waals surface area contributed by atoms with Gasteiger partial charge < -0.3 is 4.90 Å². The summed E-state index contributed by atoms with van der Waals surface area (Å²) >= 11 is 1.77. The van der Waals surface area contributed by atoms with Crippen LogP contribution in [0.5, 0.6) is 0 Å². The first-order valence-corrected chi connectivity index (χ1v) is 6.75. The monoisotopic (exact) mass is 215 g/mol. The van der Waals surface area contributed by atoms with E-state index < -0.39 is 0 Å². The second kappa shape index (κ2) is 6.33. The highest BCUT2D eigenvalue weighted by Gasteiger charge is 2.20. The highest BCUT2D eigenvalue weighted by atomic mass is 32.2. The molecule has 0 aliphatic carbocycles. The van der Waals surface area contributed by atoms with Crippen LogP contribution in [0.3, 0.4) is 0 Å². The number of thioether (sulfide) groups is 1. The van der Waals surface area contributed by atoms with Gasteiger partial charge in [0.2, 0.25) is 5.91 Å². The number of nitrogens with zero attached hydrogens (tertiary/aromatic N) is 1. The fourth-order valence-electron chi connectivity index (χ4n) is 1.81. The predicted molar refractivity (Wildman–Crippen MR) is 62.6 cm³/mol. The van der Waals surface area contributed by atoms with Gasteiger partial charge in [-0.25, -0.2) is 0 Å². The molecule has 0 spiro atoms. The van der Waals surface area contributed by atoms with Crippen LogP contribution in [0.25, 0.3) is 0 Å². The zero-order valence-electron chi connectivity index (χ0n) is 9.29. The van der Waals surface area contributed by atoms with Crippen LogP contribution < -0.4 is 0 Å². The third-order valence-electron chi connectivity index (χ3n) is 2.58. The first-order valence-electron chi connectivity index (χ1n) is 5.59. The van der Waals surface area contributed by atoms with Crippen molar-refractivity contribution in [2.24, 2.45) is 5.92 Å². The Kier molecular flexibility index (Phi) is 5.38. The first-order chi connectivity index (χ1) is 6.74. The zero-order chi connectivity index (χ0) is 10.4. The van der Waals surface area contributed by atoms with Crippen LogP contribution in [-0.2, 0) is 4.79 Å². The van der Waals surface area contributed by atoms with Crippen molar-refractivity contribution < 1.29 is 4.79 Å². The molecule has 82 valence electrons. The van der Waals surface area contributed by atoms with Gasteiger partial charge in [0.15, 0.2) is 0 Å². The summed E-state index contributed by atoms with van der Waals surface area (Å²) in [5, 5.41) is 0. The average Bonchev–Trinajstić information content (AvgIpc) is 2.18. The van der Waals surface area contributed by atoms with Crippen LogP contribution in [0.15, 0.2) is 0 Å². The molecule has 1 aliphatic rings. The van der Waals surface area contributed by atoms with Gasteiger partial charge in [-0.05, 0) is 30.9 Å². The molecule has 2 nitrogen and oxygen atoms in total. The van der Waals surface area contributed by atoms with Gasteiger partial charge in [0, 0.05) is 13.1 Å². The van der Waals surface area contributed by atoms with Gasteiger partial charge in [-0.15, -0.1) is 0 Å². The molecule has 0 radical (unpaired) electrons. The Labute approximate surface area is 91.4 Å². The lowest BCUT2D eigenvalue weighted by Gasteiger charge is -2.30. The van der Waals surface area contributed by atoms with E-state index in [0.717, 1.165) is 25.3 Å². The number of hydrogen-bond acceptors (Lipinski definition) is 2. The Bertz CT molecular complexity index is 184. The molecule has 3 heteroatoms. The molecule has 0 bridgehead atoms. The normalized spacial score (nSPS) is 22.4. The molecule has 1 heterocycles. The van der Waals surface area contributed by atoms with Crippen molar-refractivity contribution in [1.29, 1.82) is 0 Å². The molecule has 1 unspecified atom stereocenters. The SMILES string of the molecule is CCCSCC(=O)N1CCCC(C)C1. The number of piperidine rings is 1. The molecule has 14 heavy (non-hydrogen) atoms. The average molecular weight is 215 g/mol. The summed E-state index contributed by atoms with van der Waals surface area (Å²) in [6.45, 7) is 6.35. The number of rotatable bonds is 4. The summed E-state index contributed by atoms with van der Waals surface area (Å²) < 4.78 is 0. The second-order valence-electron chi connectivity index (χ2n) is 4.14. The van der Waals surface area contributed by atoms with Crippen molar-refractivity contribution >= 4 is 17.7 Å². The van der Waals surface area contributed by atoms with Crippen molar-refractivity contribution in [3.63, 3.8) is 0 Å². The summed E-state index contributed by atoms with van der Waals surface area (Å²) in [4.78, 5) is 13.8. The topological polar surface area (TPSA) is 20.3 Å². The second-order valence-corrected chi connectivity index (χ2v) is 5.24. The number of hydrogen-bond donors (Lipinski definition) is 0. The maximum atomic E-state index is 11.7. The number of amides is 1. The fourth-order valence-corrected chi connectivity index (χ4v) is 2.60. The molecule has 0 N–H and O–H groups in total. The zero-order valence-corrected chi connectivity index (χ0v) is 10.1. The van der Waals surface area contributed by atoms with Crippen molar-refractivity contribution in [1.82, 2.24) is 4.90 Å². The van der Waals surface area contributed by atoms with Gasteiger partial charge in [0.05, 0.1) is 5.75 Å². The van der Waals surface area contributed by atoms with Crippen molar-refractivity contribution in [2.75, 3.05) is 24.6 Å². The van der Waals surface area contributed by atoms with Crippen LogP contribution in [0, 0.1) is 5.92 Å². The molecule has 1 rings (SSSR count). The lowest BCUT2D eigenvalue weighted by atomic mass is 10.0. The van der Waals surface area contributed by atoms with Gasteiger partial charge >= 0.3 is 0 Å². The number of carbonyl (C=O) groups excluding carboxylic acids is 1. The van der Waals surface area contributed by atoms with Gasteiger partial charge in [-0.1, -0.05) is 13.8 Å². The van der Waals surface area contributed by atoms with Crippen molar-refractivity contribution in [3.8, 4) is 0 Å². The Morgan fingerprint density at radius 1 is 1.57 bits per heavy atom. The Balaban J connectivity index is 2.22. The van der Waals surface area contributed by atoms with Gasteiger partial charge in [0.25, 0.3) is 0 Å². The van der Waals surface area contributed by atoms with Crippen LogP contribution >= 0.6 is 11.8 Å².